The van der Waals surface area contributed by atoms with Crippen LogP contribution in [0.4, 0.5) is 10.1 Å². The van der Waals surface area contributed by atoms with Crippen LogP contribution in [-0.4, -0.2) is 50.7 Å². The van der Waals surface area contributed by atoms with Gasteiger partial charge in [-0.2, -0.15) is 0 Å². The molecule has 4 N–H and O–H groups in total. The molecule has 1 atom stereocenters. The summed E-state index contributed by atoms with van der Waals surface area (Å²) in [4.78, 5) is 26.6. The van der Waals surface area contributed by atoms with Crippen LogP contribution >= 0.6 is 0 Å². The number of amides is 2. The Kier molecular flexibility index (Phi) is 6.77. The lowest BCUT2D eigenvalue weighted by atomic mass is 9.94. The molecule has 0 saturated carbocycles. The molecule has 8 nitrogen and oxygen atoms in total. The fourth-order valence-corrected chi connectivity index (χ4v) is 3.45. The summed E-state index contributed by atoms with van der Waals surface area (Å²) in [5.41, 5.74) is 7.13. The lowest BCUT2D eigenvalue weighted by Crippen LogP contribution is -2.33. The Balaban J connectivity index is 1.81. The van der Waals surface area contributed by atoms with Crippen molar-refractivity contribution in [2.24, 2.45) is 11.7 Å². The molecule has 2 aromatic rings. The van der Waals surface area contributed by atoms with E-state index in [2.05, 4.69) is 5.32 Å². The van der Waals surface area contributed by atoms with E-state index in [0.29, 0.717) is 17.7 Å². The summed E-state index contributed by atoms with van der Waals surface area (Å²) in [7, 11) is 4.73. The molecule has 2 aromatic carbocycles. The Labute approximate surface area is 185 Å². The van der Waals surface area contributed by atoms with Gasteiger partial charge in [-0.3, -0.25) is 9.59 Å². The van der Waals surface area contributed by atoms with Crippen LogP contribution in [0.1, 0.15) is 21.5 Å². The van der Waals surface area contributed by atoms with Crippen LogP contribution < -0.4 is 20.5 Å². The summed E-state index contributed by atoms with van der Waals surface area (Å²) < 4.78 is 25.6. The number of halogens is 1. The Hall–Kier alpha value is -3.88. The van der Waals surface area contributed by atoms with Gasteiger partial charge in [0.15, 0.2) is 0 Å². The van der Waals surface area contributed by atoms with Crippen molar-refractivity contribution in [1.29, 1.82) is 5.41 Å². The number of ether oxygens (including phenoxy) is 2. The molecule has 9 heteroatoms. The van der Waals surface area contributed by atoms with Crippen molar-refractivity contribution in [3.8, 4) is 11.5 Å². The summed E-state index contributed by atoms with van der Waals surface area (Å²) in [6, 6.07) is 7.65. The van der Waals surface area contributed by atoms with Gasteiger partial charge in [-0.15, -0.1) is 0 Å². The third-order valence-electron chi connectivity index (χ3n) is 5.18. The molecule has 0 fully saturated rings. The number of benzene rings is 2. The van der Waals surface area contributed by atoms with E-state index in [9.17, 15) is 14.0 Å². The highest BCUT2D eigenvalue weighted by Gasteiger charge is 2.28. The number of hydrogen-bond donors (Lipinski definition) is 3. The van der Waals surface area contributed by atoms with Gasteiger partial charge in [0.1, 0.15) is 23.9 Å². The number of allylic oxidation sites excluding steroid dienone is 1. The van der Waals surface area contributed by atoms with Gasteiger partial charge in [-0.05, 0) is 36.2 Å². The van der Waals surface area contributed by atoms with E-state index in [0.717, 1.165) is 24.0 Å². The number of nitrogens with one attached hydrogen (secondary N) is 2. The minimum Gasteiger partial charge on any atom is -0.495 e. The van der Waals surface area contributed by atoms with Gasteiger partial charge >= 0.3 is 0 Å². The van der Waals surface area contributed by atoms with Crippen molar-refractivity contribution in [3.63, 3.8) is 0 Å². The Morgan fingerprint density at radius 2 is 2.06 bits per heavy atom. The third-order valence-corrected chi connectivity index (χ3v) is 5.18. The summed E-state index contributed by atoms with van der Waals surface area (Å²) in [6.07, 6.45) is 2.42. The molecule has 0 aliphatic carbocycles. The highest BCUT2D eigenvalue weighted by Crippen LogP contribution is 2.33. The number of carbonyl (C=O) groups is 2. The number of carbonyl (C=O) groups excluding carboxylic acids is 2. The maximum atomic E-state index is 14.6. The summed E-state index contributed by atoms with van der Waals surface area (Å²) in [6.45, 7) is 0.149. The number of fused-ring (bicyclic) bond motifs is 1. The lowest BCUT2D eigenvalue weighted by Gasteiger charge is -2.25. The lowest BCUT2D eigenvalue weighted by molar-refractivity contribution is -0.121. The second kappa shape index (κ2) is 9.51. The zero-order valence-electron chi connectivity index (χ0n) is 18.1. The monoisotopic (exact) mass is 440 g/mol. The first-order valence-electron chi connectivity index (χ1n) is 9.87. The largest absolute Gasteiger partial charge is 0.495 e. The molecule has 0 saturated heterocycles. The summed E-state index contributed by atoms with van der Waals surface area (Å²) in [5.74, 6) is -0.848. The second-order valence-electron chi connectivity index (χ2n) is 7.52. The molecule has 0 spiro atoms. The molecule has 0 bridgehead atoms. The number of anilines is 1. The normalized spacial score (nSPS) is 15.2. The Morgan fingerprint density at radius 3 is 2.69 bits per heavy atom. The van der Waals surface area contributed by atoms with Gasteiger partial charge in [-0.1, -0.05) is 0 Å². The third kappa shape index (κ3) is 4.56. The van der Waals surface area contributed by atoms with E-state index in [-0.39, 0.29) is 41.0 Å². The number of hydrogen-bond acceptors (Lipinski definition) is 6. The van der Waals surface area contributed by atoms with Crippen LogP contribution in [0.2, 0.25) is 0 Å². The number of nitrogens with zero attached hydrogens (tertiary/aromatic N) is 1. The van der Waals surface area contributed by atoms with E-state index < -0.39 is 11.7 Å². The standard InChI is InChI=1S/C23H25FN4O4/c1-28(2)23(30)13-4-5-20-14(6-13)7-15(12-32-20)22(29)27-19-9-18(24)17(8-21(19)31-3)16(10-25)11-26/h4-6,8-11,15,25H,7,12,26H2,1-3H3,(H,27,29)/b16-11+,25-10?. The fraction of sp³-hybridized carbons (Fsp3) is 0.261. The van der Waals surface area contributed by atoms with Gasteiger partial charge in [0.25, 0.3) is 5.91 Å². The average Bonchev–Trinajstić information content (AvgIpc) is 2.79. The molecule has 1 heterocycles. The Bertz CT molecular complexity index is 1100. The SMILES string of the molecule is COc1cc(/C(C=N)=C/N)c(F)cc1NC(=O)C1COc2ccc(C(=O)N(C)C)cc2C1. The zero-order chi connectivity index (χ0) is 23.4. The maximum Gasteiger partial charge on any atom is 0.253 e. The molecular weight excluding hydrogens is 415 g/mol. The number of methoxy groups -OCH3 is 1. The molecule has 32 heavy (non-hydrogen) atoms. The predicted octanol–water partition coefficient (Wildman–Crippen LogP) is 2.68. The highest BCUT2D eigenvalue weighted by molar-refractivity contribution is 6.08. The molecule has 1 aliphatic heterocycles. The Morgan fingerprint density at radius 1 is 1.31 bits per heavy atom. The maximum absolute atomic E-state index is 14.6. The first-order valence-corrected chi connectivity index (χ1v) is 9.87. The van der Waals surface area contributed by atoms with Gasteiger partial charge in [-0.25, -0.2) is 4.39 Å². The van der Waals surface area contributed by atoms with Crippen LogP contribution in [0.5, 0.6) is 11.5 Å². The number of nitrogens with two attached hydrogens (primary N) is 1. The topological polar surface area (TPSA) is 118 Å². The average molecular weight is 440 g/mol. The molecular formula is C23H25FN4O4. The predicted molar refractivity (Wildman–Crippen MR) is 120 cm³/mol. The van der Waals surface area contributed by atoms with Gasteiger partial charge < -0.3 is 30.8 Å². The van der Waals surface area contributed by atoms with Crippen LogP contribution in [0.3, 0.4) is 0 Å². The van der Waals surface area contributed by atoms with E-state index >= 15 is 0 Å². The van der Waals surface area contributed by atoms with Crippen molar-refractivity contribution < 1.29 is 23.5 Å². The van der Waals surface area contributed by atoms with Crippen molar-refractivity contribution >= 4 is 29.3 Å². The molecule has 168 valence electrons. The van der Waals surface area contributed by atoms with Crippen LogP contribution in [0, 0.1) is 17.1 Å². The minimum atomic E-state index is -0.654. The van der Waals surface area contributed by atoms with E-state index in [1.165, 1.54) is 18.1 Å². The van der Waals surface area contributed by atoms with Crippen molar-refractivity contribution in [2.75, 3.05) is 33.1 Å². The van der Waals surface area contributed by atoms with Gasteiger partial charge in [0.2, 0.25) is 5.91 Å². The smallest absolute Gasteiger partial charge is 0.253 e. The van der Waals surface area contributed by atoms with Gasteiger partial charge in [0.05, 0.1) is 18.7 Å². The van der Waals surface area contributed by atoms with E-state index in [4.69, 9.17) is 20.6 Å². The van der Waals surface area contributed by atoms with E-state index in [1.807, 2.05) is 0 Å². The quantitative estimate of drug-likeness (QED) is 0.597. The van der Waals surface area contributed by atoms with Crippen molar-refractivity contribution in [2.45, 2.75) is 6.42 Å². The minimum absolute atomic E-state index is 0.0883. The first-order chi connectivity index (χ1) is 15.3. The van der Waals surface area contributed by atoms with Crippen LogP contribution in [0.15, 0.2) is 36.5 Å². The second-order valence-corrected chi connectivity index (χ2v) is 7.52. The molecule has 1 unspecified atom stereocenters. The molecule has 2 amide bonds. The summed E-state index contributed by atoms with van der Waals surface area (Å²) in [5, 5.41) is 10.1. The van der Waals surface area contributed by atoms with E-state index in [1.54, 1.807) is 32.3 Å². The van der Waals surface area contributed by atoms with Crippen molar-refractivity contribution in [1.82, 2.24) is 4.90 Å². The molecule has 3 rings (SSSR count). The number of rotatable bonds is 6. The van der Waals surface area contributed by atoms with Crippen LogP contribution in [-0.2, 0) is 11.2 Å². The fourth-order valence-electron chi connectivity index (χ4n) is 3.45. The summed E-state index contributed by atoms with van der Waals surface area (Å²) >= 11 is 0. The molecule has 0 aromatic heterocycles. The first kappa shape index (κ1) is 22.8. The molecule has 0 radical (unpaired) electrons. The molecule has 1 aliphatic rings. The van der Waals surface area contributed by atoms with Crippen LogP contribution in [0.25, 0.3) is 5.57 Å². The highest BCUT2D eigenvalue weighted by atomic mass is 19.1. The van der Waals surface area contributed by atoms with Crippen molar-refractivity contribution in [3.05, 3.63) is 59.0 Å². The van der Waals surface area contributed by atoms with Gasteiger partial charge in [0, 0.05) is 49.3 Å². The zero-order valence-corrected chi connectivity index (χ0v) is 18.1.